The van der Waals surface area contributed by atoms with Crippen molar-refractivity contribution in [3.63, 3.8) is 0 Å². The van der Waals surface area contributed by atoms with E-state index in [9.17, 15) is 4.79 Å². The first-order chi connectivity index (χ1) is 7.07. The third kappa shape index (κ3) is 15.3. The zero-order chi connectivity index (χ0) is 12.9. The average molecular weight is 213 g/mol. The smallest absolute Gasteiger partial charge is 0.331 e. The second-order valence-electron chi connectivity index (χ2n) is 2.03. The molecule has 0 radical (unpaired) electrons. The average Bonchev–Trinajstić information content (AvgIpc) is 2.24. The molecule has 0 aromatic carbocycles. The van der Waals surface area contributed by atoms with E-state index in [1.165, 1.54) is 25.2 Å². The summed E-state index contributed by atoms with van der Waals surface area (Å²) in [7, 11) is 0. The molecule has 0 aliphatic rings. The Balaban J connectivity index is -0.000000318. The molecule has 0 rings (SSSR count). The lowest BCUT2D eigenvalue weighted by Crippen LogP contribution is -2.00. The number of carboxylic acids is 1. The van der Waals surface area contributed by atoms with Gasteiger partial charge in [-0.25, -0.2) is 4.79 Å². The van der Waals surface area contributed by atoms with Crippen LogP contribution in [0.2, 0.25) is 0 Å². The van der Waals surface area contributed by atoms with Crippen LogP contribution in [-0.4, -0.2) is 11.1 Å². The molecule has 0 aromatic heterocycles. The second kappa shape index (κ2) is 15.0. The van der Waals surface area contributed by atoms with E-state index in [0.29, 0.717) is 5.70 Å². The van der Waals surface area contributed by atoms with E-state index in [4.69, 9.17) is 10.8 Å². The van der Waals surface area contributed by atoms with Gasteiger partial charge in [0.2, 0.25) is 0 Å². The molecule has 3 N–H and O–H groups in total. The van der Waals surface area contributed by atoms with Crippen molar-refractivity contribution >= 4 is 5.97 Å². The normalized spacial score (nSPS) is 10.2. The van der Waals surface area contributed by atoms with Gasteiger partial charge in [0.1, 0.15) is 0 Å². The van der Waals surface area contributed by atoms with Gasteiger partial charge in [-0.2, -0.15) is 0 Å². The first-order valence-corrected chi connectivity index (χ1v) is 5.07. The van der Waals surface area contributed by atoms with Gasteiger partial charge in [-0.3, -0.25) is 0 Å². The highest BCUT2D eigenvalue weighted by Gasteiger charge is 1.97. The molecule has 0 unspecified atom stereocenters. The molecule has 88 valence electrons. The first-order valence-electron chi connectivity index (χ1n) is 5.07. The van der Waals surface area contributed by atoms with Crippen LogP contribution in [-0.2, 0) is 4.79 Å². The van der Waals surface area contributed by atoms with Gasteiger partial charge in [0.25, 0.3) is 0 Å². The van der Waals surface area contributed by atoms with Gasteiger partial charge < -0.3 is 10.8 Å². The van der Waals surface area contributed by atoms with Crippen LogP contribution in [0.5, 0.6) is 0 Å². The van der Waals surface area contributed by atoms with Crippen molar-refractivity contribution in [3.8, 4) is 0 Å². The number of hydrogen-bond acceptors (Lipinski definition) is 2. The summed E-state index contributed by atoms with van der Waals surface area (Å²) in [5.74, 6) is -0.967. The molecule has 0 aliphatic heterocycles. The molecular weight excluding hydrogens is 190 g/mol. The lowest BCUT2D eigenvalue weighted by molar-refractivity contribution is -0.132. The topological polar surface area (TPSA) is 63.3 Å². The summed E-state index contributed by atoms with van der Waals surface area (Å²) in [5.41, 5.74) is 5.97. The number of carboxylic acid groups (broad SMARTS) is 1. The van der Waals surface area contributed by atoms with Gasteiger partial charge in [-0.05, 0) is 19.1 Å². The van der Waals surface area contributed by atoms with Crippen LogP contribution >= 0.6 is 0 Å². The highest BCUT2D eigenvalue weighted by Crippen LogP contribution is 1.96. The van der Waals surface area contributed by atoms with Crippen LogP contribution < -0.4 is 5.73 Å². The minimum Gasteiger partial charge on any atom is -0.478 e. The molecule has 0 atom stereocenters. The standard InChI is InChI=1S/C8H11NO2.2C2H6/c1-3-4-7(9)5-6(2)8(10)11;2*1-2/h3-5H,1,9H2,2H3,(H,10,11);2*1-2H3/b6-5+,7-4+;;. The number of hydrogen-bond donors (Lipinski definition) is 2. The summed E-state index contributed by atoms with van der Waals surface area (Å²) < 4.78 is 0. The molecule has 0 heterocycles. The number of nitrogens with two attached hydrogens (primary N) is 1. The van der Waals surface area contributed by atoms with Crippen molar-refractivity contribution < 1.29 is 9.90 Å². The molecule has 0 aromatic rings. The molecule has 0 saturated carbocycles. The summed E-state index contributed by atoms with van der Waals surface area (Å²) in [6.45, 7) is 12.9. The second-order valence-corrected chi connectivity index (χ2v) is 2.03. The molecule has 3 nitrogen and oxygen atoms in total. The van der Waals surface area contributed by atoms with E-state index in [0.717, 1.165) is 0 Å². The fourth-order valence-corrected chi connectivity index (χ4v) is 0.496. The Morgan fingerprint density at radius 2 is 1.67 bits per heavy atom. The van der Waals surface area contributed by atoms with E-state index < -0.39 is 5.97 Å². The van der Waals surface area contributed by atoms with Crippen LogP contribution in [0.4, 0.5) is 0 Å². The van der Waals surface area contributed by atoms with E-state index in [1.807, 2.05) is 27.7 Å². The van der Waals surface area contributed by atoms with Gasteiger partial charge in [-0.15, -0.1) is 0 Å². The Morgan fingerprint density at radius 3 is 1.93 bits per heavy atom. The minimum atomic E-state index is -0.967. The first kappa shape index (κ1) is 19.1. The van der Waals surface area contributed by atoms with E-state index >= 15 is 0 Å². The zero-order valence-corrected chi connectivity index (χ0v) is 10.4. The predicted octanol–water partition coefficient (Wildman–Crippen LogP) is 3.10. The largest absolute Gasteiger partial charge is 0.478 e. The predicted molar refractivity (Wildman–Crippen MR) is 66.6 cm³/mol. The van der Waals surface area contributed by atoms with Gasteiger partial charge in [0, 0.05) is 11.3 Å². The van der Waals surface area contributed by atoms with Crippen molar-refractivity contribution in [2.75, 3.05) is 0 Å². The highest BCUT2D eigenvalue weighted by molar-refractivity contribution is 5.86. The van der Waals surface area contributed by atoms with Crippen molar-refractivity contribution in [3.05, 3.63) is 36.1 Å². The van der Waals surface area contributed by atoms with Crippen LogP contribution in [0.25, 0.3) is 0 Å². The SMILES string of the molecule is C=C/C=C(N)\C=C(/C)C(=O)O.CC.CC. The molecule has 15 heavy (non-hydrogen) atoms. The summed E-state index contributed by atoms with van der Waals surface area (Å²) in [6.07, 6.45) is 4.41. The van der Waals surface area contributed by atoms with Crippen molar-refractivity contribution in [1.29, 1.82) is 0 Å². The van der Waals surface area contributed by atoms with Crippen LogP contribution in [0, 0.1) is 0 Å². The Hall–Kier alpha value is -1.51. The summed E-state index contributed by atoms with van der Waals surface area (Å²) in [5, 5.41) is 8.42. The maximum atomic E-state index is 10.3. The molecule has 0 spiro atoms. The molecule has 0 bridgehead atoms. The van der Waals surface area contributed by atoms with Crippen molar-refractivity contribution in [2.45, 2.75) is 34.6 Å². The molecule has 0 aliphatic carbocycles. The third-order valence-corrected chi connectivity index (χ3v) is 1.03. The van der Waals surface area contributed by atoms with E-state index in [-0.39, 0.29) is 5.57 Å². The Kier molecular flexibility index (Phi) is 19.1. The lowest BCUT2D eigenvalue weighted by Gasteiger charge is -1.92. The molecule has 0 amide bonds. The number of carbonyl (C=O) groups is 1. The molecule has 0 fully saturated rings. The Labute approximate surface area is 93.0 Å². The van der Waals surface area contributed by atoms with Crippen LogP contribution in [0.3, 0.4) is 0 Å². The quantitative estimate of drug-likeness (QED) is 0.559. The molecular formula is C12H23NO2. The van der Waals surface area contributed by atoms with E-state index in [2.05, 4.69) is 6.58 Å². The maximum Gasteiger partial charge on any atom is 0.331 e. The van der Waals surface area contributed by atoms with Gasteiger partial charge in [0.05, 0.1) is 0 Å². The van der Waals surface area contributed by atoms with Gasteiger partial charge >= 0.3 is 5.97 Å². The number of rotatable bonds is 3. The number of allylic oxidation sites excluding steroid dienone is 3. The lowest BCUT2D eigenvalue weighted by atomic mass is 10.2. The van der Waals surface area contributed by atoms with Crippen molar-refractivity contribution in [1.82, 2.24) is 0 Å². The highest BCUT2D eigenvalue weighted by atomic mass is 16.4. The summed E-state index contributed by atoms with van der Waals surface area (Å²) in [6, 6.07) is 0. The number of aliphatic carboxylic acids is 1. The monoisotopic (exact) mass is 213 g/mol. The van der Waals surface area contributed by atoms with Crippen LogP contribution in [0.1, 0.15) is 34.6 Å². The fourth-order valence-electron chi connectivity index (χ4n) is 0.496. The third-order valence-electron chi connectivity index (χ3n) is 1.03. The fraction of sp³-hybridized carbons (Fsp3) is 0.417. The summed E-state index contributed by atoms with van der Waals surface area (Å²) in [4.78, 5) is 10.3. The van der Waals surface area contributed by atoms with Crippen molar-refractivity contribution in [2.24, 2.45) is 5.73 Å². The minimum absolute atomic E-state index is 0.209. The Bertz CT molecular complexity index is 228. The van der Waals surface area contributed by atoms with E-state index in [1.54, 1.807) is 0 Å². The summed E-state index contributed by atoms with van der Waals surface area (Å²) >= 11 is 0. The maximum absolute atomic E-state index is 10.3. The van der Waals surface area contributed by atoms with Gasteiger partial charge in [-0.1, -0.05) is 40.3 Å². The Morgan fingerprint density at radius 1 is 1.27 bits per heavy atom. The van der Waals surface area contributed by atoms with Gasteiger partial charge in [0.15, 0.2) is 0 Å². The zero-order valence-electron chi connectivity index (χ0n) is 10.4. The molecule has 3 heteroatoms. The van der Waals surface area contributed by atoms with Crippen LogP contribution in [0.15, 0.2) is 36.1 Å². The molecule has 0 saturated heterocycles.